The van der Waals surface area contributed by atoms with Gasteiger partial charge in [-0.15, -0.1) is 12.4 Å². The van der Waals surface area contributed by atoms with Crippen LogP contribution in [0.5, 0.6) is 0 Å². The van der Waals surface area contributed by atoms with Crippen molar-refractivity contribution in [2.45, 2.75) is 38.7 Å². The summed E-state index contributed by atoms with van der Waals surface area (Å²) in [5.74, 6) is -1.12. The molecule has 2 aromatic carbocycles. The van der Waals surface area contributed by atoms with Crippen LogP contribution in [0, 0.1) is 13.8 Å². The third-order valence-electron chi connectivity index (χ3n) is 7.06. The Kier molecular flexibility index (Phi) is 9.86. The van der Waals surface area contributed by atoms with Gasteiger partial charge in [-0.05, 0) is 67.3 Å². The molecule has 1 atom stereocenters. The zero-order chi connectivity index (χ0) is 29.2. The molecule has 0 spiro atoms. The Labute approximate surface area is 239 Å². The van der Waals surface area contributed by atoms with E-state index in [1.807, 2.05) is 36.9 Å². The highest BCUT2D eigenvalue weighted by atomic mass is 35.5. The molecule has 3 aromatic rings. The molecule has 12 heteroatoms. The summed E-state index contributed by atoms with van der Waals surface area (Å²) in [5, 5.41) is 0. The number of rotatable bonds is 6. The number of aryl methyl sites for hydroxylation is 2. The number of alkyl halides is 6. The number of hydrogen-bond acceptors (Lipinski definition) is 4. The van der Waals surface area contributed by atoms with E-state index in [4.69, 9.17) is 0 Å². The molecular formula is C29H28ClF6N3O2. The van der Waals surface area contributed by atoms with Gasteiger partial charge in [0.2, 0.25) is 0 Å². The molecule has 1 amide bonds. The summed E-state index contributed by atoms with van der Waals surface area (Å²) in [5.41, 5.74) is -0.460. The SMILES string of the molecule is Cc1ccc(C[C@@H]2CN(CC(=O)c3cccnc3)CCN2C(=O)c2cc(C(F)(F)F)cc(C(F)(F)F)c2)cc1C.Cl. The standard InChI is InChI=1S/C29H27F6N3O2.ClH/c1-18-5-6-20(10-19(18)2)11-25-16-37(17-26(39)21-4-3-7-36-15-21)8-9-38(25)27(40)22-12-23(28(30,31)32)14-24(13-22)29(33,34)35;/h3-7,10,12-15,25H,8-9,11,16-17H2,1-2H3;1H/t25-;/m1./s1. The summed E-state index contributed by atoms with van der Waals surface area (Å²) in [6.07, 6.45) is -6.85. The third-order valence-corrected chi connectivity index (χ3v) is 7.06. The molecular weight excluding hydrogens is 572 g/mol. The van der Waals surface area contributed by atoms with Crippen LogP contribution in [0.4, 0.5) is 26.3 Å². The van der Waals surface area contributed by atoms with E-state index >= 15 is 0 Å². The van der Waals surface area contributed by atoms with Gasteiger partial charge in [0, 0.05) is 49.2 Å². The Morgan fingerprint density at radius 1 is 0.878 bits per heavy atom. The molecule has 2 heterocycles. The molecule has 1 aliphatic heterocycles. The second kappa shape index (κ2) is 12.6. The first-order chi connectivity index (χ1) is 18.7. The first-order valence-corrected chi connectivity index (χ1v) is 12.5. The van der Waals surface area contributed by atoms with E-state index in [2.05, 4.69) is 4.98 Å². The van der Waals surface area contributed by atoms with Gasteiger partial charge in [0.15, 0.2) is 5.78 Å². The number of hydrogen-bond donors (Lipinski definition) is 0. The van der Waals surface area contributed by atoms with Crippen molar-refractivity contribution in [3.05, 3.63) is 99.9 Å². The monoisotopic (exact) mass is 599 g/mol. The number of aromatic nitrogens is 1. The minimum Gasteiger partial charge on any atom is -0.333 e. The second-order valence-electron chi connectivity index (χ2n) is 9.97. The van der Waals surface area contributed by atoms with Gasteiger partial charge < -0.3 is 4.90 Å². The number of pyridine rings is 1. The maximum absolute atomic E-state index is 13.5. The van der Waals surface area contributed by atoms with Gasteiger partial charge in [-0.1, -0.05) is 18.2 Å². The summed E-state index contributed by atoms with van der Waals surface area (Å²) in [6.45, 7) is 4.32. The molecule has 41 heavy (non-hydrogen) atoms. The maximum atomic E-state index is 13.5. The van der Waals surface area contributed by atoms with Gasteiger partial charge in [-0.2, -0.15) is 26.3 Å². The number of nitrogens with zero attached hydrogens (tertiary/aromatic N) is 3. The Morgan fingerprint density at radius 3 is 2.10 bits per heavy atom. The lowest BCUT2D eigenvalue weighted by atomic mass is 9.97. The van der Waals surface area contributed by atoms with Gasteiger partial charge in [0.25, 0.3) is 5.91 Å². The molecule has 1 fully saturated rings. The van der Waals surface area contributed by atoms with Crippen LogP contribution in [-0.4, -0.2) is 58.7 Å². The number of ketones is 1. The van der Waals surface area contributed by atoms with E-state index in [-0.39, 0.29) is 50.4 Å². The molecule has 1 aromatic heterocycles. The van der Waals surface area contributed by atoms with Crippen LogP contribution in [0.25, 0.3) is 0 Å². The van der Waals surface area contributed by atoms with Gasteiger partial charge >= 0.3 is 12.4 Å². The van der Waals surface area contributed by atoms with Gasteiger partial charge in [0.05, 0.1) is 17.7 Å². The fraction of sp³-hybridized carbons (Fsp3) is 0.345. The zero-order valence-corrected chi connectivity index (χ0v) is 23.0. The van der Waals surface area contributed by atoms with E-state index in [1.165, 1.54) is 11.1 Å². The van der Waals surface area contributed by atoms with Crippen LogP contribution in [0.1, 0.15) is 48.5 Å². The number of halogens is 7. The number of piperazine rings is 1. The van der Waals surface area contributed by atoms with Gasteiger partial charge in [0.1, 0.15) is 0 Å². The van der Waals surface area contributed by atoms with Gasteiger partial charge in [-0.3, -0.25) is 19.5 Å². The second-order valence-corrected chi connectivity index (χ2v) is 9.97. The first kappa shape index (κ1) is 32.1. The molecule has 1 aliphatic rings. The molecule has 0 aliphatic carbocycles. The van der Waals surface area contributed by atoms with E-state index in [0.717, 1.165) is 16.7 Å². The van der Waals surface area contributed by atoms with E-state index in [9.17, 15) is 35.9 Å². The van der Waals surface area contributed by atoms with Crippen LogP contribution in [0.2, 0.25) is 0 Å². The molecule has 1 saturated heterocycles. The molecule has 220 valence electrons. The average molecular weight is 600 g/mol. The molecule has 0 N–H and O–H groups in total. The fourth-order valence-electron chi connectivity index (χ4n) is 4.77. The summed E-state index contributed by atoms with van der Waals surface area (Å²) >= 11 is 0. The topological polar surface area (TPSA) is 53.5 Å². The predicted octanol–water partition coefficient (Wildman–Crippen LogP) is 6.41. The molecule has 0 bridgehead atoms. The number of carbonyl (C=O) groups excluding carboxylic acids is 2. The Hall–Kier alpha value is -3.44. The quantitative estimate of drug-likeness (QED) is 0.243. The lowest BCUT2D eigenvalue weighted by molar-refractivity contribution is -0.143. The van der Waals surface area contributed by atoms with E-state index < -0.39 is 41.0 Å². The average Bonchev–Trinajstić information content (AvgIpc) is 2.90. The van der Waals surface area contributed by atoms with Crippen molar-refractivity contribution in [1.29, 1.82) is 0 Å². The highest BCUT2D eigenvalue weighted by Gasteiger charge is 2.39. The van der Waals surface area contributed by atoms with Crippen LogP contribution >= 0.6 is 12.4 Å². The van der Waals surface area contributed by atoms with Crippen molar-refractivity contribution in [2.24, 2.45) is 0 Å². The zero-order valence-electron chi connectivity index (χ0n) is 22.2. The highest BCUT2D eigenvalue weighted by molar-refractivity contribution is 5.97. The number of Topliss-reactive ketones (excluding diaryl/α,β-unsaturated/α-hetero) is 1. The van der Waals surface area contributed by atoms with Crippen molar-refractivity contribution in [1.82, 2.24) is 14.8 Å². The lowest BCUT2D eigenvalue weighted by Crippen LogP contribution is -2.56. The van der Waals surface area contributed by atoms with Crippen molar-refractivity contribution >= 4 is 24.1 Å². The number of amides is 1. The highest BCUT2D eigenvalue weighted by Crippen LogP contribution is 2.37. The van der Waals surface area contributed by atoms with Crippen molar-refractivity contribution in [2.75, 3.05) is 26.2 Å². The van der Waals surface area contributed by atoms with Crippen LogP contribution in [0.15, 0.2) is 60.9 Å². The number of carbonyl (C=O) groups is 2. The minimum absolute atomic E-state index is 0. The third kappa shape index (κ3) is 7.85. The lowest BCUT2D eigenvalue weighted by Gasteiger charge is -2.41. The largest absolute Gasteiger partial charge is 0.416 e. The smallest absolute Gasteiger partial charge is 0.333 e. The Balaban J connectivity index is 0.00000462. The molecule has 4 rings (SSSR count). The van der Waals surface area contributed by atoms with Crippen molar-refractivity contribution in [3.63, 3.8) is 0 Å². The summed E-state index contributed by atoms with van der Waals surface area (Å²) in [7, 11) is 0. The molecule has 0 unspecified atom stereocenters. The Bertz CT molecular complexity index is 1360. The first-order valence-electron chi connectivity index (χ1n) is 12.5. The normalized spacial score (nSPS) is 16.3. The minimum atomic E-state index is -5.07. The van der Waals surface area contributed by atoms with Gasteiger partial charge in [-0.25, -0.2) is 0 Å². The van der Waals surface area contributed by atoms with Crippen LogP contribution in [-0.2, 0) is 18.8 Å². The molecule has 0 radical (unpaired) electrons. The molecule has 0 saturated carbocycles. The van der Waals surface area contributed by atoms with Crippen LogP contribution < -0.4 is 0 Å². The maximum Gasteiger partial charge on any atom is 0.416 e. The van der Waals surface area contributed by atoms with Crippen molar-refractivity contribution in [3.8, 4) is 0 Å². The predicted molar refractivity (Wildman–Crippen MR) is 143 cm³/mol. The summed E-state index contributed by atoms with van der Waals surface area (Å²) in [6, 6.07) is 9.31. The Morgan fingerprint density at radius 2 is 1.54 bits per heavy atom. The summed E-state index contributed by atoms with van der Waals surface area (Å²) < 4.78 is 80.7. The van der Waals surface area contributed by atoms with E-state index in [1.54, 1.807) is 18.3 Å². The summed E-state index contributed by atoms with van der Waals surface area (Å²) in [4.78, 5) is 33.4. The molecule has 5 nitrogen and oxygen atoms in total. The van der Waals surface area contributed by atoms with Crippen LogP contribution in [0.3, 0.4) is 0 Å². The number of benzene rings is 2. The van der Waals surface area contributed by atoms with Crippen molar-refractivity contribution < 1.29 is 35.9 Å². The van der Waals surface area contributed by atoms with E-state index in [0.29, 0.717) is 24.1 Å². The fourth-order valence-corrected chi connectivity index (χ4v) is 4.77.